The van der Waals surface area contributed by atoms with Crippen molar-refractivity contribution in [1.29, 1.82) is 0 Å². The first kappa shape index (κ1) is 15.7. The largest absolute Gasteiger partial charge is 0.469 e. The topological polar surface area (TPSA) is 35.5 Å². The minimum atomic E-state index is -0.531. The van der Waals surface area contributed by atoms with Gasteiger partial charge in [0, 0.05) is 22.5 Å². The zero-order chi connectivity index (χ0) is 13.8. The van der Waals surface area contributed by atoms with Crippen LogP contribution >= 0.6 is 31.9 Å². The normalized spacial score (nSPS) is 14.1. The molecule has 0 spiro atoms. The van der Waals surface area contributed by atoms with Crippen molar-refractivity contribution in [2.75, 3.05) is 14.2 Å². The standard InChI is InChI=1S/C13H16Br2O3/c1-13(18-3,7-6-12(16)17-2)10-8-9(14)4-5-11(10)15/h4-5,8H,6-7H2,1-3H3. The van der Waals surface area contributed by atoms with Gasteiger partial charge in [-0.2, -0.15) is 0 Å². The molecule has 1 rings (SSSR count). The van der Waals surface area contributed by atoms with Crippen molar-refractivity contribution >= 4 is 37.8 Å². The molecule has 0 heterocycles. The van der Waals surface area contributed by atoms with Gasteiger partial charge in [0.05, 0.1) is 12.7 Å². The first-order valence-corrected chi connectivity index (χ1v) is 7.09. The minimum Gasteiger partial charge on any atom is -0.469 e. The van der Waals surface area contributed by atoms with E-state index in [9.17, 15) is 4.79 Å². The van der Waals surface area contributed by atoms with Gasteiger partial charge in [0.1, 0.15) is 0 Å². The van der Waals surface area contributed by atoms with E-state index >= 15 is 0 Å². The Kier molecular flexibility index (Phi) is 5.82. The monoisotopic (exact) mass is 378 g/mol. The second-order valence-corrected chi connectivity index (χ2v) is 5.91. The number of hydrogen-bond donors (Lipinski definition) is 0. The summed E-state index contributed by atoms with van der Waals surface area (Å²) in [5.74, 6) is -0.232. The number of methoxy groups -OCH3 is 2. The van der Waals surface area contributed by atoms with Gasteiger partial charge in [-0.1, -0.05) is 31.9 Å². The lowest BCUT2D eigenvalue weighted by atomic mass is 9.91. The van der Waals surface area contributed by atoms with Crippen LogP contribution < -0.4 is 0 Å². The highest BCUT2D eigenvalue weighted by Gasteiger charge is 2.29. The van der Waals surface area contributed by atoms with Crippen LogP contribution in [0.4, 0.5) is 0 Å². The molecule has 0 fully saturated rings. The van der Waals surface area contributed by atoms with Gasteiger partial charge < -0.3 is 9.47 Å². The molecule has 1 atom stereocenters. The van der Waals surface area contributed by atoms with Crippen molar-refractivity contribution in [2.24, 2.45) is 0 Å². The summed E-state index contributed by atoms with van der Waals surface area (Å²) in [6.45, 7) is 1.96. The summed E-state index contributed by atoms with van der Waals surface area (Å²) in [6.07, 6.45) is 0.880. The lowest BCUT2D eigenvalue weighted by molar-refractivity contribution is -0.142. The molecule has 0 aliphatic rings. The third-order valence-electron chi connectivity index (χ3n) is 2.98. The predicted octanol–water partition coefficient (Wildman–Crippen LogP) is 4.03. The summed E-state index contributed by atoms with van der Waals surface area (Å²) in [7, 11) is 3.03. The van der Waals surface area contributed by atoms with E-state index in [1.54, 1.807) is 7.11 Å². The second kappa shape index (κ2) is 6.68. The molecule has 0 saturated carbocycles. The smallest absolute Gasteiger partial charge is 0.305 e. The van der Waals surface area contributed by atoms with Crippen LogP contribution in [-0.2, 0) is 19.9 Å². The van der Waals surface area contributed by atoms with E-state index in [0.717, 1.165) is 14.5 Å². The highest BCUT2D eigenvalue weighted by Crippen LogP contribution is 2.36. The third-order valence-corrected chi connectivity index (χ3v) is 4.17. The zero-order valence-electron chi connectivity index (χ0n) is 10.6. The molecule has 5 heteroatoms. The fraction of sp³-hybridized carbons (Fsp3) is 0.462. The number of esters is 1. The number of carbonyl (C=O) groups excluding carboxylic acids is 1. The van der Waals surface area contributed by atoms with Crippen LogP contribution in [0.1, 0.15) is 25.3 Å². The Labute approximate surface area is 124 Å². The van der Waals surface area contributed by atoms with Gasteiger partial charge in [-0.05, 0) is 37.1 Å². The summed E-state index contributed by atoms with van der Waals surface area (Å²) in [5.41, 5.74) is 0.472. The summed E-state index contributed by atoms with van der Waals surface area (Å²) in [6, 6.07) is 5.89. The molecule has 1 unspecified atom stereocenters. The molecule has 0 N–H and O–H groups in total. The first-order chi connectivity index (χ1) is 8.42. The Morgan fingerprint density at radius 3 is 2.56 bits per heavy atom. The molecule has 0 aliphatic heterocycles. The molecule has 1 aromatic carbocycles. The van der Waals surface area contributed by atoms with Gasteiger partial charge in [0.15, 0.2) is 0 Å². The van der Waals surface area contributed by atoms with Gasteiger partial charge in [0.2, 0.25) is 0 Å². The SMILES string of the molecule is COC(=O)CCC(C)(OC)c1cc(Br)ccc1Br. The van der Waals surface area contributed by atoms with Crippen LogP contribution in [0, 0.1) is 0 Å². The molecule has 0 radical (unpaired) electrons. The van der Waals surface area contributed by atoms with Crippen molar-refractivity contribution in [1.82, 2.24) is 0 Å². The van der Waals surface area contributed by atoms with E-state index in [1.165, 1.54) is 7.11 Å². The molecule has 18 heavy (non-hydrogen) atoms. The highest BCUT2D eigenvalue weighted by molar-refractivity contribution is 9.11. The van der Waals surface area contributed by atoms with Crippen molar-refractivity contribution in [3.8, 4) is 0 Å². The van der Waals surface area contributed by atoms with Gasteiger partial charge in [0.25, 0.3) is 0 Å². The first-order valence-electron chi connectivity index (χ1n) is 5.50. The number of rotatable bonds is 5. The van der Waals surface area contributed by atoms with E-state index in [0.29, 0.717) is 12.8 Å². The van der Waals surface area contributed by atoms with E-state index in [2.05, 4.69) is 36.6 Å². The van der Waals surface area contributed by atoms with E-state index < -0.39 is 5.60 Å². The predicted molar refractivity (Wildman–Crippen MR) is 77.5 cm³/mol. The Morgan fingerprint density at radius 1 is 1.33 bits per heavy atom. The van der Waals surface area contributed by atoms with Crippen LogP contribution in [0.15, 0.2) is 27.1 Å². The zero-order valence-corrected chi connectivity index (χ0v) is 13.8. The molecular formula is C13H16Br2O3. The summed E-state index contributed by atoms with van der Waals surface area (Å²) >= 11 is 6.96. The summed E-state index contributed by atoms with van der Waals surface area (Å²) in [5, 5.41) is 0. The third kappa shape index (κ3) is 3.80. The Hall–Kier alpha value is -0.390. The lowest BCUT2D eigenvalue weighted by Gasteiger charge is -2.29. The van der Waals surface area contributed by atoms with Crippen molar-refractivity contribution in [3.05, 3.63) is 32.7 Å². The van der Waals surface area contributed by atoms with Crippen LogP contribution in [-0.4, -0.2) is 20.2 Å². The van der Waals surface area contributed by atoms with Crippen molar-refractivity contribution < 1.29 is 14.3 Å². The fourth-order valence-corrected chi connectivity index (χ4v) is 2.72. The minimum absolute atomic E-state index is 0.232. The van der Waals surface area contributed by atoms with E-state index in [4.69, 9.17) is 4.74 Å². The number of ether oxygens (including phenoxy) is 2. The maximum absolute atomic E-state index is 11.3. The van der Waals surface area contributed by atoms with E-state index in [-0.39, 0.29) is 5.97 Å². The molecule has 0 bridgehead atoms. The summed E-state index contributed by atoms with van der Waals surface area (Å²) < 4.78 is 12.2. The molecule has 3 nitrogen and oxygen atoms in total. The highest BCUT2D eigenvalue weighted by atomic mass is 79.9. The van der Waals surface area contributed by atoms with Gasteiger partial charge >= 0.3 is 5.97 Å². The van der Waals surface area contributed by atoms with Crippen molar-refractivity contribution in [2.45, 2.75) is 25.4 Å². The second-order valence-electron chi connectivity index (χ2n) is 4.14. The number of benzene rings is 1. The van der Waals surface area contributed by atoms with Gasteiger partial charge in [-0.15, -0.1) is 0 Å². The molecule has 0 saturated heterocycles. The molecule has 0 aliphatic carbocycles. The van der Waals surface area contributed by atoms with E-state index in [1.807, 2.05) is 25.1 Å². The molecule has 0 amide bonds. The molecule has 100 valence electrons. The number of halogens is 2. The Morgan fingerprint density at radius 2 is 2.00 bits per heavy atom. The van der Waals surface area contributed by atoms with Crippen LogP contribution in [0.25, 0.3) is 0 Å². The molecule has 0 aromatic heterocycles. The average molecular weight is 380 g/mol. The summed E-state index contributed by atoms with van der Waals surface area (Å²) in [4.78, 5) is 11.3. The Balaban J connectivity index is 2.99. The number of carbonyl (C=O) groups is 1. The maximum atomic E-state index is 11.3. The molecule has 1 aromatic rings. The van der Waals surface area contributed by atoms with Gasteiger partial charge in [-0.25, -0.2) is 0 Å². The fourth-order valence-electron chi connectivity index (χ4n) is 1.69. The average Bonchev–Trinajstić information content (AvgIpc) is 2.38. The van der Waals surface area contributed by atoms with Gasteiger partial charge in [-0.3, -0.25) is 4.79 Å². The van der Waals surface area contributed by atoms with Crippen LogP contribution in [0.5, 0.6) is 0 Å². The van der Waals surface area contributed by atoms with Crippen LogP contribution in [0.3, 0.4) is 0 Å². The maximum Gasteiger partial charge on any atom is 0.305 e. The molecular weight excluding hydrogens is 364 g/mol. The Bertz CT molecular complexity index is 434. The quantitative estimate of drug-likeness (QED) is 0.724. The van der Waals surface area contributed by atoms with Crippen molar-refractivity contribution in [3.63, 3.8) is 0 Å². The lowest BCUT2D eigenvalue weighted by Crippen LogP contribution is -2.26. The van der Waals surface area contributed by atoms with Crippen LogP contribution in [0.2, 0.25) is 0 Å². The number of hydrogen-bond acceptors (Lipinski definition) is 3.